The summed E-state index contributed by atoms with van der Waals surface area (Å²) >= 11 is 5.88. The van der Waals surface area contributed by atoms with Crippen molar-refractivity contribution in [2.24, 2.45) is 5.10 Å². The normalized spacial score (nSPS) is 10.6. The van der Waals surface area contributed by atoms with Crippen LogP contribution in [0.4, 0.5) is 0 Å². The Bertz CT molecular complexity index is 1020. The fourth-order valence-corrected chi connectivity index (χ4v) is 2.63. The molecular formula is C23H20ClN3O3. The molecule has 0 bridgehead atoms. The van der Waals surface area contributed by atoms with Gasteiger partial charge in [0.1, 0.15) is 12.4 Å². The number of benzene rings is 3. The van der Waals surface area contributed by atoms with Crippen LogP contribution in [0.1, 0.15) is 16.7 Å². The van der Waals surface area contributed by atoms with Crippen LogP contribution in [0.2, 0.25) is 5.02 Å². The minimum absolute atomic E-state index is 0.268. The number of hydrogen-bond acceptors (Lipinski definition) is 4. The predicted octanol–water partition coefficient (Wildman–Crippen LogP) is 3.69. The van der Waals surface area contributed by atoms with Crippen molar-refractivity contribution in [3.8, 4) is 5.75 Å². The average molecular weight is 422 g/mol. The van der Waals surface area contributed by atoms with Gasteiger partial charge in [0.05, 0.1) is 6.21 Å². The third kappa shape index (κ3) is 6.76. The van der Waals surface area contributed by atoms with Gasteiger partial charge >= 0.3 is 11.8 Å². The molecule has 0 aliphatic heterocycles. The molecule has 0 aliphatic rings. The number of carbonyl (C=O) groups excluding carboxylic acids is 2. The molecule has 0 unspecified atom stereocenters. The highest BCUT2D eigenvalue weighted by atomic mass is 35.5. The molecule has 152 valence electrons. The second-order valence-corrected chi connectivity index (χ2v) is 6.79. The van der Waals surface area contributed by atoms with Gasteiger partial charge in [0, 0.05) is 11.6 Å². The summed E-state index contributed by atoms with van der Waals surface area (Å²) < 4.78 is 5.76. The van der Waals surface area contributed by atoms with Crippen molar-refractivity contribution >= 4 is 29.6 Å². The maximum Gasteiger partial charge on any atom is 0.329 e. The van der Waals surface area contributed by atoms with E-state index in [1.165, 1.54) is 6.21 Å². The largest absolute Gasteiger partial charge is 0.489 e. The van der Waals surface area contributed by atoms with Gasteiger partial charge in [-0.05, 0) is 41.0 Å². The summed E-state index contributed by atoms with van der Waals surface area (Å²) in [6, 6.07) is 23.9. The van der Waals surface area contributed by atoms with Crippen LogP contribution in [-0.2, 0) is 22.7 Å². The number of ether oxygens (including phenoxy) is 1. The van der Waals surface area contributed by atoms with E-state index in [9.17, 15) is 9.59 Å². The van der Waals surface area contributed by atoms with E-state index in [1.54, 1.807) is 12.1 Å². The van der Waals surface area contributed by atoms with E-state index >= 15 is 0 Å². The molecule has 30 heavy (non-hydrogen) atoms. The van der Waals surface area contributed by atoms with E-state index in [1.807, 2.05) is 66.7 Å². The Morgan fingerprint density at radius 2 is 1.67 bits per heavy atom. The standard InChI is InChI=1S/C23H20ClN3O3/c24-20-11-9-18(10-12-20)16-30-21-8-4-7-19(13-21)15-26-27-23(29)22(28)25-14-17-5-2-1-3-6-17/h1-13,15H,14,16H2,(H,25,28)(H,27,29)/b26-15-. The van der Waals surface area contributed by atoms with Crippen molar-refractivity contribution in [1.82, 2.24) is 10.7 Å². The van der Waals surface area contributed by atoms with Gasteiger partial charge in [-0.3, -0.25) is 9.59 Å². The smallest absolute Gasteiger partial charge is 0.329 e. The first-order valence-corrected chi connectivity index (χ1v) is 9.60. The molecule has 2 N–H and O–H groups in total. The minimum atomic E-state index is -0.836. The lowest BCUT2D eigenvalue weighted by molar-refractivity contribution is -0.139. The summed E-state index contributed by atoms with van der Waals surface area (Å²) in [5, 5.41) is 7.04. The minimum Gasteiger partial charge on any atom is -0.489 e. The quantitative estimate of drug-likeness (QED) is 0.347. The number of nitrogens with zero attached hydrogens (tertiary/aromatic N) is 1. The van der Waals surface area contributed by atoms with Crippen LogP contribution >= 0.6 is 11.6 Å². The molecule has 3 aromatic rings. The van der Waals surface area contributed by atoms with Crippen LogP contribution in [-0.4, -0.2) is 18.0 Å². The SMILES string of the molecule is O=C(NCc1ccccc1)C(=O)N/N=C\c1cccc(OCc2ccc(Cl)cc2)c1. The highest BCUT2D eigenvalue weighted by Crippen LogP contribution is 2.15. The van der Waals surface area contributed by atoms with Gasteiger partial charge in [0.15, 0.2) is 0 Å². The van der Waals surface area contributed by atoms with E-state index in [2.05, 4.69) is 15.8 Å². The molecule has 0 spiro atoms. The summed E-state index contributed by atoms with van der Waals surface area (Å²) in [6.07, 6.45) is 1.44. The first-order valence-electron chi connectivity index (χ1n) is 9.22. The van der Waals surface area contributed by atoms with Crippen LogP contribution in [0.5, 0.6) is 5.75 Å². The Hall–Kier alpha value is -3.64. The van der Waals surface area contributed by atoms with E-state index in [0.717, 1.165) is 11.1 Å². The number of amides is 2. The monoisotopic (exact) mass is 421 g/mol. The van der Waals surface area contributed by atoms with Crippen molar-refractivity contribution in [3.05, 3.63) is 101 Å². The van der Waals surface area contributed by atoms with Crippen molar-refractivity contribution in [2.75, 3.05) is 0 Å². The Morgan fingerprint density at radius 3 is 2.43 bits per heavy atom. The summed E-state index contributed by atoms with van der Waals surface area (Å²) in [5.74, 6) is -0.936. The van der Waals surface area contributed by atoms with Crippen LogP contribution in [0.25, 0.3) is 0 Å². The van der Waals surface area contributed by atoms with Crippen molar-refractivity contribution in [1.29, 1.82) is 0 Å². The van der Waals surface area contributed by atoms with E-state index in [-0.39, 0.29) is 6.54 Å². The molecule has 3 aromatic carbocycles. The molecule has 0 saturated heterocycles. The number of carbonyl (C=O) groups is 2. The van der Waals surface area contributed by atoms with E-state index in [0.29, 0.717) is 22.9 Å². The Morgan fingerprint density at radius 1 is 0.900 bits per heavy atom. The van der Waals surface area contributed by atoms with E-state index < -0.39 is 11.8 Å². The van der Waals surface area contributed by atoms with E-state index in [4.69, 9.17) is 16.3 Å². The Labute approximate surface area is 179 Å². The number of nitrogens with one attached hydrogen (secondary N) is 2. The summed E-state index contributed by atoms with van der Waals surface area (Å²) in [7, 11) is 0. The lowest BCUT2D eigenvalue weighted by atomic mass is 10.2. The average Bonchev–Trinajstić information content (AvgIpc) is 2.78. The fraction of sp³-hybridized carbons (Fsp3) is 0.0870. The molecule has 0 aliphatic carbocycles. The van der Waals surface area contributed by atoms with Gasteiger partial charge in [-0.1, -0.05) is 66.2 Å². The molecule has 0 aromatic heterocycles. The summed E-state index contributed by atoms with van der Waals surface area (Å²) in [6.45, 7) is 0.667. The number of hydrogen-bond donors (Lipinski definition) is 2. The first-order chi connectivity index (χ1) is 14.6. The lowest BCUT2D eigenvalue weighted by Crippen LogP contribution is -2.37. The van der Waals surface area contributed by atoms with Gasteiger partial charge in [-0.2, -0.15) is 5.10 Å². The third-order valence-electron chi connectivity index (χ3n) is 4.06. The second kappa shape index (κ2) is 10.8. The molecule has 0 saturated carbocycles. The molecular weight excluding hydrogens is 402 g/mol. The Balaban J connectivity index is 1.47. The highest BCUT2D eigenvalue weighted by molar-refractivity contribution is 6.35. The molecule has 7 heteroatoms. The Kier molecular flexibility index (Phi) is 7.58. The predicted molar refractivity (Wildman–Crippen MR) is 116 cm³/mol. The van der Waals surface area contributed by atoms with Crippen molar-refractivity contribution < 1.29 is 14.3 Å². The van der Waals surface area contributed by atoms with Crippen LogP contribution in [0, 0.1) is 0 Å². The number of hydrazone groups is 1. The van der Waals surface area contributed by atoms with Gasteiger partial charge in [-0.15, -0.1) is 0 Å². The van der Waals surface area contributed by atoms with Crippen LogP contribution in [0.3, 0.4) is 0 Å². The zero-order valence-corrected chi connectivity index (χ0v) is 16.8. The number of rotatable bonds is 7. The molecule has 3 rings (SSSR count). The maximum atomic E-state index is 11.8. The first kappa shape index (κ1) is 21.1. The molecule has 0 heterocycles. The second-order valence-electron chi connectivity index (χ2n) is 6.36. The van der Waals surface area contributed by atoms with Crippen LogP contribution in [0.15, 0.2) is 84.0 Å². The van der Waals surface area contributed by atoms with Gasteiger partial charge in [-0.25, -0.2) is 5.43 Å². The maximum absolute atomic E-state index is 11.8. The highest BCUT2D eigenvalue weighted by Gasteiger charge is 2.11. The van der Waals surface area contributed by atoms with Gasteiger partial charge in [0.25, 0.3) is 0 Å². The lowest BCUT2D eigenvalue weighted by Gasteiger charge is -2.07. The van der Waals surface area contributed by atoms with Crippen LogP contribution < -0.4 is 15.5 Å². The molecule has 6 nitrogen and oxygen atoms in total. The third-order valence-corrected chi connectivity index (χ3v) is 4.31. The molecule has 2 amide bonds. The van der Waals surface area contributed by atoms with Crippen molar-refractivity contribution in [3.63, 3.8) is 0 Å². The number of halogens is 1. The topological polar surface area (TPSA) is 79.8 Å². The fourth-order valence-electron chi connectivity index (χ4n) is 2.51. The summed E-state index contributed by atoms with van der Waals surface area (Å²) in [5.41, 5.74) is 4.82. The molecule has 0 fully saturated rings. The van der Waals surface area contributed by atoms with Gasteiger partial charge in [0.2, 0.25) is 0 Å². The summed E-state index contributed by atoms with van der Waals surface area (Å²) in [4.78, 5) is 23.7. The molecule has 0 atom stereocenters. The zero-order valence-electron chi connectivity index (χ0n) is 16.0. The molecule has 0 radical (unpaired) electrons. The zero-order chi connectivity index (χ0) is 21.2. The van der Waals surface area contributed by atoms with Crippen molar-refractivity contribution in [2.45, 2.75) is 13.2 Å². The van der Waals surface area contributed by atoms with Gasteiger partial charge < -0.3 is 10.1 Å².